The molecule has 0 aliphatic rings. The van der Waals surface area contributed by atoms with E-state index in [0.29, 0.717) is 15.7 Å². The van der Waals surface area contributed by atoms with Crippen LogP contribution in [0.15, 0.2) is 22.7 Å². The van der Waals surface area contributed by atoms with Crippen LogP contribution in [0, 0.1) is 0 Å². The number of hydrogen-bond donors (Lipinski definition) is 3. The first-order valence-electron chi connectivity index (χ1n) is 5.30. The number of rotatable bonds is 4. The highest BCUT2D eigenvalue weighted by Gasteiger charge is 2.24. The number of halogens is 1. The number of aliphatic carboxylic acids is 1. The summed E-state index contributed by atoms with van der Waals surface area (Å²) in [6.45, 7) is 3.31. The summed E-state index contributed by atoms with van der Waals surface area (Å²) >= 11 is 3.25. The van der Waals surface area contributed by atoms with Gasteiger partial charge in [-0.2, -0.15) is 0 Å². The Balaban J connectivity index is 2.85. The van der Waals surface area contributed by atoms with Crippen LogP contribution < -0.4 is 11.1 Å². The predicted molar refractivity (Wildman–Crippen MR) is 72.4 cm³/mol. The maximum atomic E-state index is 12.0. The Labute approximate surface area is 113 Å². The molecule has 0 fully saturated rings. The minimum absolute atomic E-state index is 0.151. The second-order valence-corrected chi connectivity index (χ2v) is 5.60. The van der Waals surface area contributed by atoms with Crippen molar-refractivity contribution in [1.82, 2.24) is 5.32 Å². The van der Waals surface area contributed by atoms with Crippen molar-refractivity contribution in [3.8, 4) is 0 Å². The van der Waals surface area contributed by atoms with Gasteiger partial charge in [0.25, 0.3) is 5.91 Å². The molecular formula is C12H15BrN2O3. The molecular weight excluding hydrogens is 300 g/mol. The average molecular weight is 315 g/mol. The van der Waals surface area contributed by atoms with Crippen molar-refractivity contribution in [2.75, 3.05) is 5.73 Å². The smallest absolute Gasteiger partial charge is 0.305 e. The SMILES string of the molecule is CC(C)(CC(=O)O)NC(=O)c1cc(N)cc(Br)c1. The van der Waals surface area contributed by atoms with E-state index < -0.39 is 11.5 Å². The van der Waals surface area contributed by atoms with E-state index in [-0.39, 0.29) is 12.3 Å². The Morgan fingerprint density at radius 2 is 2.00 bits per heavy atom. The van der Waals surface area contributed by atoms with E-state index in [1.54, 1.807) is 26.0 Å². The molecule has 18 heavy (non-hydrogen) atoms. The number of nitrogens with two attached hydrogens (primary N) is 1. The van der Waals surface area contributed by atoms with Crippen LogP contribution in [0.5, 0.6) is 0 Å². The van der Waals surface area contributed by atoms with Crippen molar-refractivity contribution >= 4 is 33.5 Å². The van der Waals surface area contributed by atoms with Crippen molar-refractivity contribution < 1.29 is 14.7 Å². The maximum Gasteiger partial charge on any atom is 0.305 e. The van der Waals surface area contributed by atoms with Gasteiger partial charge < -0.3 is 16.2 Å². The fourth-order valence-corrected chi connectivity index (χ4v) is 2.06. The third-order valence-electron chi connectivity index (χ3n) is 2.23. The van der Waals surface area contributed by atoms with E-state index in [1.807, 2.05) is 0 Å². The Morgan fingerprint density at radius 3 is 2.50 bits per heavy atom. The average Bonchev–Trinajstić information content (AvgIpc) is 2.12. The summed E-state index contributed by atoms with van der Waals surface area (Å²) < 4.78 is 0.698. The van der Waals surface area contributed by atoms with Crippen molar-refractivity contribution in [1.29, 1.82) is 0 Å². The Hall–Kier alpha value is -1.56. The molecule has 0 bridgehead atoms. The van der Waals surface area contributed by atoms with E-state index in [9.17, 15) is 9.59 Å². The Kier molecular flexibility index (Phi) is 4.34. The molecule has 0 spiro atoms. The maximum absolute atomic E-state index is 12.0. The van der Waals surface area contributed by atoms with Crippen LogP contribution in [0.2, 0.25) is 0 Å². The van der Waals surface area contributed by atoms with Crippen LogP contribution >= 0.6 is 15.9 Å². The molecule has 1 aromatic rings. The normalized spacial score (nSPS) is 11.1. The van der Waals surface area contributed by atoms with Gasteiger partial charge in [-0.15, -0.1) is 0 Å². The molecule has 0 aromatic heterocycles. The number of nitrogens with one attached hydrogen (secondary N) is 1. The highest BCUT2D eigenvalue weighted by atomic mass is 79.9. The summed E-state index contributed by atoms with van der Waals surface area (Å²) in [5, 5.41) is 11.4. The van der Waals surface area contributed by atoms with Crippen LogP contribution in [0.4, 0.5) is 5.69 Å². The topological polar surface area (TPSA) is 92.4 Å². The number of carbonyl (C=O) groups excluding carboxylic acids is 1. The van der Waals surface area contributed by atoms with Gasteiger partial charge >= 0.3 is 5.97 Å². The van der Waals surface area contributed by atoms with E-state index in [0.717, 1.165) is 0 Å². The number of benzene rings is 1. The van der Waals surface area contributed by atoms with Gasteiger partial charge in [0.1, 0.15) is 0 Å². The van der Waals surface area contributed by atoms with Gasteiger partial charge in [0, 0.05) is 21.3 Å². The van der Waals surface area contributed by atoms with Gasteiger partial charge in [-0.1, -0.05) is 15.9 Å². The zero-order chi connectivity index (χ0) is 13.9. The lowest BCUT2D eigenvalue weighted by molar-refractivity contribution is -0.138. The molecule has 0 saturated heterocycles. The van der Waals surface area contributed by atoms with Gasteiger partial charge in [0.15, 0.2) is 0 Å². The molecule has 0 atom stereocenters. The number of nitrogen functional groups attached to an aromatic ring is 1. The number of anilines is 1. The fourth-order valence-electron chi connectivity index (χ4n) is 1.55. The van der Waals surface area contributed by atoms with E-state index >= 15 is 0 Å². The number of amides is 1. The van der Waals surface area contributed by atoms with Crippen molar-refractivity contribution in [2.45, 2.75) is 25.8 Å². The molecule has 1 rings (SSSR count). The molecule has 6 heteroatoms. The molecule has 4 N–H and O–H groups in total. The lowest BCUT2D eigenvalue weighted by Gasteiger charge is -2.24. The highest BCUT2D eigenvalue weighted by molar-refractivity contribution is 9.10. The number of carboxylic acid groups (broad SMARTS) is 1. The quantitative estimate of drug-likeness (QED) is 0.741. The summed E-state index contributed by atoms with van der Waals surface area (Å²) in [6.07, 6.45) is -0.151. The summed E-state index contributed by atoms with van der Waals surface area (Å²) in [4.78, 5) is 22.6. The zero-order valence-electron chi connectivity index (χ0n) is 10.2. The van der Waals surface area contributed by atoms with Crippen LogP contribution in [0.25, 0.3) is 0 Å². The first kappa shape index (κ1) is 14.5. The summed E-state index contributed by atoms with van der Waals surface area (Å²) in [6, 6.07) is 4.85. The second-order valence-electron chi connectivity index (χ2n) is 4.68. The second kappa shape index (κ2) is 5.39. The molecule has 1 aromatic carbocycles. The van der Waals surface area contributed by atoms with Gasteiger partial charge in [-0.05, 0) is 32.0 Å². The molecule has 0 heterocycles. The molecule has 0 unspecified atom stereocenters. The number of carboxylic acids is 1. The van der Waals surface area contributed by atoms with Crippen LogP contribution in [-0.4, -0.2) is 22.5 Å². The highest BCUT2D eigenvalue weighted by Crippen LogP contribution is 2.18. The largest absolute Gasteiger partial charge is 0.481 e. The third-order valence-corrected chi connectivity index (χ3v) is 2.69. The minimum Gasteiger partial charge on any atom is -0.481 e. The number of hydrogen-bond acceptors (Lipinski definition) is 3. The van der Waals surface area contributed by atoms with Crippen LogP contribution in [0.3, 0.4) is 0 Å². The zero-order valence-corrected chi connectivity index (χ0v) is 11.7. The Bertz CT molecular complexity index is 466. The van der Waals surface area contributed by atoms with E-state index in [2.05, 4.69) is 21.2 Å². The molecule has 0 radical (unpaired) electrons. The first-order valence-corrected chi connectivity index (χ1v) is 6.09. The molecule has 5 nitrogen and oxygen atoms in total. The minimum atomic E-state index is -0.964. The molecule has 98 valence electrons. The molecule has 0 aliphatic heterocycles. The summed E-state index contributed by atoms with van der Waals surface area (Å²) in [5.74, 6) is -1.32. The van der Waals surface area contributed by atoms with Gasteiger partial charge in [0.2, 0.25) is 0 Å². The van der Waals surface area contributed by atoms with E-state index in [1.165, 1.54) is 6.07 Å². The van der Waals surface area contributed by atoms with Crippen molar-refractivity contribution in [2.24, 2.45) is 0 Å². The monoisotopic (exact) mass is 314 g/mol. The lowest BCUT2D eigenvalue weighted by Crippen LogP contribution is -2.44. The standard InChI is InChI=1S/C12H15BrN2O3/c1-12(2,6-10(16)17)15-11(18)7-3-8(13)5-9(14)4-7/h3-5H,6,14H2,1-2H3,(H,15,18)(H,16,17). The van der Waals surface area contributed by atoms with Gasteiger partial charge in [-0.25, -0.2) is 0 Å². The Morgan fingerprint density at radius 1 is 1.39 bits per heavy atom. The van der Waals surface area contributed by atoms with Gasteiger partial charge in [-0.3, -0.25) is 9.59 Å². The van der Waals surface area contributed by atoms with E-state index in [4.69, 9.17) is 10.8 Å². The van der Waals surface area contributed by atoms with Crippen LogP contribution in [0.1, 0.15) is 30.6 Å². The first-order chi connectivity index (χ1) is 8.19. The lowest BCUT2D eigenvalue weighted by atomic mass is 10.00. The van der Waals surface area contributed by atoms with Crippen molar-refractivity contribution in [3.63, 3.8) is 0 Å². The van der Waals surface area contributed by atoms with Crippen molar-refractivity contribution in [3.05, 3.63) is 28.2 Å². The molecule has 0 saturated carbocycles. The van der Waals surface area contributed by atoms with Gasteiger partial charge in [0.05, 0.1) is 6.42 Å². The predicted octanol–water partition coefficient (Wildman–Crippen LogP) is 2.01. The third kappa shape index (κ3) is 4.37. The fraction of sp³-hybridized carbons (Fsp3) is 0.333. The summed E-state index contributed by atoms with van der Waals surface area (Å²) in [5.41, 5.74) is 5.67. The summed E-state index contributed by atoms with van der Waals surface area (Å²) in [7, 11) is 0. The number of carbonyl (C=O) groups is 2. The molecule has 0 aliphatic carbocycles. The molecule has 1 amide bonds. The van der Waals surface area contributed by atoms with Crippen LogP contribution in [-0.2, 0) is 4.79 Å².